The number of anilines is 1. The summed E-state index contributed by atoms with van der Waals surface area (Å²) in [7, 11) is 1.62. The van der Waals surface area contributed by atoms with Crippen LogP contribution in [0.2, 0.25) is 0 Å². The molecule has 1 aromatic carbocycles. The highest BCUT2D eigenvalue weighted by molar-refractivity contribution is 5.95. The number of nitrogens with zero attached hydrogens (tertiary/aromatic N) is 4. The number of amides is 1. The molecule has 31 heavy (non-hydrogen) atoms. The molecule has 1 amide bonds. The number of hydrogen-bond donors (Lipinski definition) is 3. The summed E-state index contributed by atoms with van der Waals surface area (Å²) in [6, 6.07) is 10.6. The van der Waals surface area contributed by atoms with Crippen molar-refractivity contribution in [2.75, 3.05) is 12.4 Å². The van der Waals surface area contributed by atoms with Gasteiger partial charge in [0.2, 0.25) is 5.91 Å². The Kier molecular flexibility index (Phi) is 4.39. The third-order valence-corrected chi connectivity index (χ3v) is 5.41. The Bertz CT molecular complexity index is 1310. The van der Waals surface area contributed by atoms with E-state index in [1.54, 1.807) is 19.4 Å². The molecule has 0 fully saturated rings. The molecule has 0 radical (unpaired) electrons. The van der Waals surface area contributed by atoms with Gasteiger partial charge in [-0.15, -0.1) is 0 Å². The van der Waals surface area contributed by atoms with E-state index in [0.717, 1.165) is 33.8 Å². The second-order valence-corrected chi connectivity index (χ2v) is 7.27. The molecule has 0 bridgehead atoms. The summed E-state index contributed by atoms with van der Waals surface area (Å²) >= 11 is 0. The monoisotopic (exact) mass is 417 g/mol. The first-order valence-electron chi connectivity index (χ1n) is 9.68. The summed E-state index contributed by atoms with van der Waals surface area (Å²) < 4.78 is 6.78. The van der Waals surface area contributed by atoms with E-state index in [1.807, 2.05) is 31.2 Å². The van der Waals surface area contributed by atoms with Gasteiger partial charge < -0.3 is 10.1 Å². The van der Waals surface area contributed by atoms with Crippen molar-refractivity contribution >= 4 is 11.7 Å². The molecule has 4 aromatic rings. The molecule has 4 heterocycles. The van der Waals surface area contributed by atoms with E-state index in [2.05, 4.69) is 30.8 Å². The Labute approximate surface area is 176 Å². The number of methoxy groups -OCH3 is 1. The van der Waals surface area contributed by atoms with E-state index in [-0.39, 0.29) is 23.8 Å². The molecule has 0 aliphatic carbocycles. The summed E-state index contributed by atoms with van der Waals surface area (Å²) in [6.45, 7) is 1.89. The molecule has 1 aliphatic heterocycles. The van der Waals surface area contributed by atoms with Crippen LogP contribution in [-0.4, -0.2) is 43.2 Å². The van der Waals surface area contributed by atoms with Crippen molar-refractivity contribution in [1.29, 1.82) is 0 Å². The van der Waals surface area contributed by atoms with Gasteiger partial charge in [0.1, 0.15) is 11.6 Å². The molecule has 3 aromatic heterocycles. The molecule has 1 atom stereocenters. The minimum atomic E-state index is -0.314. The lowest BCUT2D eigenvalue weighted by Crippen LogP contribution is -2.25. The average Bonchev–Trinajstić information content (AvgIpc) is 3.39. The number of carbonyl (C=O) groups is 1. The van der Waals surface area contributed by atoms with E-state index in [4.69, 9.17) is 4.74 Å². The number of fused-ring (bicyclic) bond motifs is 1. The number of rotatable bonds is 4. The van der Waals surface area contributed by atoms with Gasteiger partial charge >= 0.3 is 0 Å². The van der Waals surface area contributed by atoms with Crippen LogP contribution in [0.3, 0.4) is 0 Å². The molecule has 10 heteroatoms. The highest BCUT2D eigenvalue weighted by Crippen LogP contribution is 2.42. The Morgan fingerprint density at radius 3 is 2.61 bits per heavy atom. The summed E-state index contributed by atoms with van der Waals surface area (Å²) in [6.07, 6.45) is 2.02. The lowest BCUT2D eigenvalue weighted by Gasteiger charge is -2.24. The predicted octanol–water partition coefficient (Wildman–Crippen LogP) is 2.14. The van der Waals surface area contributed by atoms with Crippen molar-refractivity contribution < 1.29 is 9.53 Å². The van der Waals surface area contributed by atoms with Crippen LogP contribution in [0.5, 0.6) is 5.75 Å². The Hall–Kier alpha value is -4.21. The van der Waals surface area contributed by atoms with Crippen LogP contribution >= 0.6 is 0 Å². The van der Waals surface area contributed by atoms with Crippen molar-refractivity contribution in [3.05, 3.63) is 69.8 Å². The average molecular weight is 417 g/mol. The van der Waals surface area contributed by atoms with E-state index in [0.29, 0.717) is 11.6 Å². The van der Waals surface area contributed by atoms with Crippen LogP contribution in [0.4, 0.5) is 5.82 Å². The zero-order valence-electron chi connectivity index (χ0n) is 16.8. The fourth-order valence-corrected chi connectivity index (χ4v) is 3.98. The topological polar surface area (TPSA) is 131 Å². The van der Waals surface area contributed by atoms with Crippen molar-refractivity contribution in [2.45, 2.75) is 19.3 Å². The number of ether oxygens (including phenoxy) is 1. The van der Waals surface area contributed by atoms with Crippen molar-refractivity contribution in [3.63, 3.8) is 0 Å². The number of aromatic nitrogens is 6. The SMILES string of the molecule is COc1ccc(-c2[nH]ncc2[C@@H]2CC(=O)Nc3c2c(C)nn3-c2ccc(=O)[nH]n2)cc1. The van der Waals surface area contributed by atoms with Crippen LogP contribution in [0, 0.1) is 6.92 Å². The Balaban J connectivity index is 1.62. The van der Waals surface area contributed by atoms with Gasteiger partial charge in [-0.25, -0.2) is 5.10 Å². The number of carbonyl (C=O) groups excluding carboxylic acids is 1. The highest BCUT2D eigenvalue weighted by atomic mass is 16.5. The third kappa shape index (κ3) is 3.18. The second kappa shape index (κ2) is 7.24. The summed E-state index contributed by atoms with van der Waals surface area (Å²) in [5.41, 5.74) is 4.01. The molecule has 3 N–H and O–H groups in total. The van der Waals surface area contributed by atoms with Gasteiger partial charge in [0.25, 0.3) is 5.56 Å². The van der Waals surface area contributed by atoms with Gasteiger partial charge in [0, 0.05) is 35.1 Å². The predicted molar refractivity (Wildman–Crippen MR) is 112 cm³/mol. The molecule has 0 saturated heterocycles. The van der Waals surface area contributed by atoms with E-state index < -0.39 is 0 Å². The number of benzene rings is 1. The quantitative estimate of drug-likeness (QED) is 0.466. The van der Waals surface area contributed by atoms with Crippen molar-refractivity contribution in [2.24, 2.45) is 0 Å². The zero-order valence-corrected chi connectivity index (χ0v) is 16.8. The summed E-state index contributed by atoms with van der Waals surface area (Å²) in [4.78, 5) is 24.0. The van der Waals surface area contributed by atoms with Gasteiger partial charge in [-0.2, -0.15) is 20.0 Å². The molecular formula is C21H19N7O3. The molecule has 156 valence electrons. The van der Waals surface area contributed by atoms with Gasteiger partial charge in [-0.1, -0.05) is 0 Å². The van der Waals surface area contributed by atoms with E-state index in [1.165, 1.54) is 10.7 Å². The van der Waals surface area contributed by atoms with E-state index in [9.17, 15) is 9.59 Å². The van der Waals surface area contributed by atoms with Gasteiger partial charge in [0.15, 0.2) is 5.82 Å². The fraction of sp³-hybridized carbons (Fsp3) is 0.190. The first-order valence-corrected chi connectivity index (χ1v) is 9.68. The second-order valence-electron chi connectivity index (χ2n) is 7.27. The maximum absolute atomic E-state index is 12.6. The molecular weight excluding hydrogens is 398 g/mol. The third-order valence-electron chi connectivity index (χ3n) is 5.41. The zero-order chi connectivity index (χ0) is 21.5. The summed E-state index contributed by atoms with van der Waals surface area (Å²) in [5.74, 6) is 1.34. The first-order chi connectivity index (χ1) is 15.0. The van der Waals surface area contributed by atoms with Crippen LogP contribution in [0.1, 0.15) is 29.2 Å². The van der Waals surface area contributed by atoms with Crippen LogP contribution in [0.25, 0.3) is 17.1 Å². The molecule has 10 nitrogen and oxygen atoms in total. The molecule has 5 rings (SSSR count). The number of aryl methyl sites for hydroxylation is 1. The molecule has 1 aliphatic rings. The number of nitrogens with one attached hydrogen (secondary N) is 3. The van der Waals surface area contributed by atoms with E-state index >= 15 is 0 Å². The minimum Gasteiger partial charge on any atom is -0.497 e. The maximum Gasteiger partial charge on any atom is 0.264 e. The largest absolute Gasteiger partial charge is 0.497 e. The Morgan fingerprint density at radius 2 is 1.90 bits per heavy atom. The highest BCUT2D eigenvalue weighted by Gasteiger charge is 2.35. The van der Waals surface area contributed by atoms with Gasteiger partial charge in [-0.3, -0.25) is 14.7 Å². The normalized spacial score (nSPS) is 15.4. The first kappa shape index (κ1) is 18.8. The van der Waals surface area contributed by atoms with Gasteiger partial charge in [-0.05, 0) is 37.3 Å². The smallest absolute Gasteiger partial charge is 0.264 e. The number of aromatic amines is 2. The number of H-pyrrole nitrogens is 2. The fourth-order valence-electron chi connectivity index (χ4n) is 3.98. The Morgan fingerprint density at radius 1 is 1.10 bits per heavy atom. The lowest BCUT2D eigenvalue weighted by molar-refractivity contribution is -0.116. The van der Waals surface area contributed by atoms with Crippen molar-refractivity contribution in [1.82, 2.24) is 30.2 Å². The summed E-state index contributed by atoms with van der Waals surface area (Å²) in [5, 5.41) is 21.3. The lowest BCUT2D eigenvalue weighted by atomic mass is 9.85. The number of hydrogen-bond acceptors (Lipinski definition) is 6. The van der Waals surface area contributed by atoms with Gasteiger partial charge in [0.05, 0.1) is 24.7 Å². The molecule has 0 spiro atoms. The molecule has 0 saturated carbocycles. The van der Waals surface area contributed by atoms with Crippen molar-refractivity contribution in [3.8, 4) is 22.8 Å². The standard InChI is InChI=1S/C21H19N7O3/c1-11-19-14(15-10-22-26-20(15)12-3-5-13(31-2)6-4-12)9-18(30)23-21(19)28(27-11)16-7-8-17(29)25-24-16/h3-8,10,14H,9H2,1-2H3,(H,22,26)(H,23,30)(H,25,29)/t14-/m0/s1. The molecule has 0 unspecified atom stereocenters. The van der Waals surface area contributed by atoms with Crippen LogP contribution < -0.4 is 15.6 Å². The van der Waals surface area contributed by atoms with Crippen LogP contribution in [-0.2, 0) is 4.79 Å². The minimum absolute atomic E-state index is 0.134. The van der Waals surface area contributed by atoms with Crippen LogP contribution in [0.15, 0.2) is 47.4 Å². The maximum atomic E-state index is 12.6.